The van der Waals surface area contributed by atoms with Gasteiger partial charge in [-0.05, 0) is 41.8 Å². The van der Waals surface area contributed by atoms with Crippen LogP contribution in [-0.2, 0) is 26.9 Å². The Kier molecular flexibility index (Phi) is 14.9. The highest BCUT2D eigenvalue weighted by molar-refractivity contribution is 7.94. The number of aliphatic hydroxyl groups excluding tert-OH is 1. The van der Waals surface area contributed by atoms with Gasteiger partial charge in [-0.1, -0.05) is 60.7 Å². The zero-order valence-electron chi connectivity index (χ0n) is 22.4. The minimum atomic E-state index is -0.901. The van der Waals surface area contributed by atoms with Crippen LogP contribution in [0.15, 0.2) is 84.9 Å². The molecule has 0 aliphatic carbocycles. The number of rotatable bonds is 16. The molecule has 0 heterocycles. The molecule has 0 bridgehead atoms. The van der Waals surface area contributed by atoms with Crippen molar-refractivity contribution in [3.63, 3.8) is 0 Å². The molecule has 9 nitrogen and oxygen atoms in total. The molecule has 3 aromatic rings. The maximum absolute atomic E-state index is 13.2. The fraction of sp³-hybridized carbons (Fsp3) is 0.310. The predicted molar refractivity (Wildman–Crippen MR) is 158 cm³/mol. The predicted octanol–water partition coefficient (Wildman–Crippen LogP) is 3.46. The average molecular weight is 590 g/mol. The van der Waals surface area contributed by atoms with Gasteiger partial charge in [0.05, 0.1) is 25.0 Å². The van der Waals surface area contributed by atoms with Gasteiger partial charge in [0, 0.05) is 32.1 Å². The lowest BCUT2D eigenvalue weighted by Crippen LogP contribution is -2.55. The fourth-order valence-electron chi connectivity index (χ4n) is 3.79. The van der Waals surface area contributed by atoms with Gasteiger partial charge >= 0.3 is 0 Å². The molecule has 0 aliphatic heterocycles. The van der Waals surface area contributed by atoms with Crippen molar-refractivity contribution in [2.75, 3.05) is 19.4 Å². The molecule has 3 atom stereocenters. The van der Waals surface area contributed by atoms with Gasteiger partial charge in [0.25, 0.3) is 0 Å². The quantitative estimate of drug-likeness (QED) is 0.0868. The van der Waals surface area contributed by atoms with Crippen molar-refractivity contribution in [2.45, 2.75) is 38.1 Å². The number of amides is 2. The number of benzene rings is 3. The highest BCUT2D eigenvalue weighted by Gasteiger charge is 2.27. The van der Waals surface area contributed by atoms with Gasteiger partial charge < -0.3 is 30.7 Å². The minimum absolute atomic E-state index is 0. The summed E-state index contributed by atoms with van der Waals surface area (Å²) in [6.07, 6.45) is -0.495. The smallest absolute Gasteiger partial charge is 0.243 e. The van der Waals surface area contributed by atoms with Crippen molar-refractivity contribution < 1.29 is 28.7 Å². The van der Waals surface area contributed by atoms with E-state index in [0.717, 1.165) is 28.9 Å². The van der Waals surface area contributed by atoms with Crippen LogP contribution in [0.4, 0.5) is 0 Å². The molecule has 216 valence electrons. The largest absolute Gasteiger partial charge is 0.497 e. The number of para-hydroxylation sites is 1. The van der Waals surface area contributed by atoms with Crippen molar-refractivity contribution in [1.29, 1.82) is 0 Å². The lowest BCUT2D eigenvalue weighted by molar-refractivity contribution is -0.128. The monoisotopic (exact) mass is 589 g/mol. The molecule has 3 rings (SSSR count). The molecule has 0 saturated carbocycles. The SMILES string of the molecule is COc1cccc(CNC[C@@H](O)[C@H](Cc2ccccc2)NC(=O)C(CSOOc2ccccc2)NC(C)=O)c1.Cl. The summed E-state index contributed by atoms with van der Waals surface area (Å²) < 4.78 is 10.4. The first-order valence-electron chi connectivity index (χ1n) is 12.6. The molecule has 0 radical (unpaired) electrons. The first kappa shape index (κ1) is 32.9. The molecule has 4 N–H and O–H groups in total. The van der Waals surface area contributed by atoms with E-state index in [-0.39, 0.29) is 30.6 Å². The number of carbonyl (C=O) groups is 2. The van der Waals surface area contributed by atoms with E-state index in [2.05, 4.69) is 16.0 Å². The Labute approximate surface area is 245 Å². The van der Waals surface area contributed by atoms with Crippen molar-refractivity contribution >= 4 is 36.3 Å². The normalized spacial score (nSPS) is 12.8. The summed E-state index contributed by atoms with van der Waals surface area (Å²) in [7, 11) is 1.61. The van der Waals surface area contributed by atoms with E-state index in [1.807, 2.05) is 60.7 Å². The molecule has 0 aliphatic rings. The van der Waals surface area contributed by atoms with Crippen LogP contribution in [0.5, 0.6) is 11.5 Å². The molecular formula is C29H36ClN3O6S. The second-order valence-electron chi connectivity index (χ2n) is 8.86. The summed E-state index contributed by atoms with van der Waals surface area (Å²) in [6, 6.07) is 24.7. The summed E-state index contributed by atoms with van der Waals surface area (Å²) in [4.78, 5) is 30.2. The number of ether oxygens (including phenoxy) is 1. The van der Waals surface area contributed by atoms with Crippen LogP contribution in [0, 0.1) is 0 Å². The van der Waals surface area contributed by atoms with E-state index in [0.29, 0.717) is 18.7 Å². The van der Waals surface area contributed by atoms with E-state index >= 15 is 0 Å². The maximum atomic E-state index is 13.2. The zero-order valence-corrected chi connectivity index (χ0v) is 24.1. The van der Waals surface area contributed by atoms with Gasteiger partial charge in [0.2, 0.25) is 11.8 Å². The lowest BCUT2D eigenvalue weighted by atomic mass is 10.0. The fourth-order valence-corrected chi connectivity index (χ4v) is 4.34. The van der Waals surface area contributed by atoms with Crippen molar-refractivity contribution in [3.05, 3.63) is 96.1 Å². The van der Waals surface area contributed by atoms with E-state index in [4.69, 9.17) is 14.0 Å². The lowest BCUT2D eigenvalue weighted by Gasteiger charge is -2.27. The average Bonchev–Trinajstić information content (AvgIpc) is 2.95. The van der Waals surface area contributed by atoms with Crippen LogP contribution < -0.4 is 25.6 Å². The topological polar surface area (TPSA) is 118 Å². The Morgan fingerprint density at radius 1 is 0.900 bits per heavy atom. The third-order valence-electron chi connectivity index (χ3n) is 5.76. The molecule has 0 saturated heterocycles. The second kappa shape index (κ2) is 18.1. The van der Waals surface area contributed by atoms with Crippen molar-refractivity contribution in [2.24, 2.45) is 0 Å². The summed E-state index contributed by atoms with van der Waals surface area (Å²) in [5.74, 6) is 0.566. The molecule has 0 fully saturated rings. The van der Waals surface area contributed by atoms with Crippen LogP contribution in [0.3, 0.4) is 0 Å². The molecule has 1 unspecified atom stereocenters. The van der Waals surface area contributed by atoms with Crippen molar-refractivity contribution in [3.8, 4) is 11.5 Å². The van der Waals surface area contributed by atoms with Gasteiger partial charge in [0.15, 0.2) is 5.75 Å². The van der Waals surface area contributed by atoms with Crippen LogP contribution in [0.2, 0.25) is 0 Å². The Bertz CT molecular complexity index is 1160. The Hall–Kier alpha value is -3.28. The van der Waals surface area contributed by atoms with E-state index in [1.54, 1.807) is 31.4 Å². The number of hydrogen-bond donors (Lipinski definition) is 4. The van der Waals surface area contributed by atoms with E-state index in [9.17, 15) is 14.7 Å². The van der Waals surface area contributed by atoms with Gasteiger partial charge in [-0.15, -0.1) is 16.7 Å². The summed E-state index contributed by atoms with van der Waals surface area (Å²) in [6.45, 7) is 2.10. The van der Waals surface area contributed by atoms with Gasteiger partial charge in [-0.3, -0.25) is 9.59 Å². The van der Waals surface area contributed by atoms with Crippen LogP contribution >= 0.6 is 24.4 Å². The van der Waals surface area contributed by atoms with E-state index < -0.39 is 24.1 Å². The first-order valence-corrected chi connectivity index (χ1v) is 13.5. The van der Waals surface area contributed by atoms with Gasteiger partial charge in [-0.25, -0.2) is 0 Å². The Morgan fingerprint density at radius 2 is 1.55 bits per heavy atom. The number of hydrogen-bond acceptors (Lipinski definition) is 8. The summed E-state index contributed by atoms with van der Waals surface area (Å²) in [5, 5.41) is 19.9. The third kappa shape index (κ3) is 11.8. The second-order valence-corrected chi connectivity index (χ2v) is 9.56. The number of halogens is 1. The van der Waals surface area contributed by atoms with E-state index in [1.165, 1.54) is 6.92 Å². The van der Waals surface area contributed by atoms with Crippen LogP contribution in [0.25, 0.3) is 0 Å². The number of nitrogens with one attached hydrogen (secondary N) is 3. The highest BCUT2D eigenvalue weighted by Crippen LogP contribution is 2.15. The Balaban J connectivity index is 0.00000560. The maximum Gasteiger partial charge on any atom is 0.243 e. The third-order valence-corrected chi connectivity index (χ3v) is 6.39. The molecule has 2 amide bonds. The standard InChI is InChI=1S/C29H35N3O6S.ClH/c1-21(33)31-27(20-39-38-37-24-13-7-4-8-14-24)29(35)32-26(17-22-10-5-3-6-11-22)28(34)19-30-18-23-12-9-15-25(16-23)36-2;/h3-16,26-28,30,34H,17-20H2,1-2H3,(H,31,33)(H,32,35);1H/t26-,27?,28+;/m0./s1. The molecule has 0 aromatic heterocycles. The number of aliphatic hydroxyl groups is 1. The molecule has 3 aromatic carbocycles. The molecule has 40 heavy (non-hydrogen) atoms. The number of carbonyl (C=O) groups excluding carboxylic acids is 2. The molecular weight excluding hydrogens is 554 g/mol. The van der Waals surface area contributed by atoms with Crippen molar-refractivity contribution in [1.82, 2.24) is 16.0 Å². The number of methoxy groups -OCH3 is 1. The summed E-state index contributed by atoms with van der Waals surface area (Å²) >= 11 is 0.898. The van der Waals surface area contributed by atoms with Gasteiger partial charge in [-0.2, -0.15) is 0 Å². The molecule has 0 spiro atoms. The minimum Gasteiger partial charge on any atom is -0.497 e. The van der Waals surface area contributed by atoms with Crippen LogP contribution in [-0.4, -0.2) is 54.5 Å². The van der Waals surface area contributed by atoms with Crippen LogP contribution in [0.1, 0.15) is 18.1 Å². The molecule has 11 heteroatoms. The summed E-state index contributed by atoms with van der Waals surface area (Å²) in [5.41, 5.74) is 1.96. The highest BCUT2D eigenvalue weighted by atomic mass is 35.5. The zero-order chi connectivity index (χ0) is 27.9. The first-order chi connectivity index (χ1) is 18.9. The van der Waals surface area contributed by atoms with Gasteiger partial charge in [0.1, 0.15) is 11.8 Å². The Morgan fingerprint density at radius 3 is 2.23 bits per heavy atom.